The number of hydrogen-bond donors (Lipinski definition) is 1. The number of nitrogens with one attached hydrogen (secondary N) is 1. The number of halogens is 1. The predicted octanol–water partition coefficient (Wildman–Crippen LogP) is 4.38. The van der Waals surface area contributed by atoms with Crippen LogP contribution in [-0.2, 0) is 6.54 Å². The number of anilines is 1. The first-order valence-electron chi connectivity index (χ1n) is 6.00. The molecule has 0 amide bonds. The van der Waals surface area contributed by atoms with E-state index in [0.29, 0.717) is 0 Å². The molecular weight excluding hydrogens is 288 g/mol. The zero-order chi connectivity index (χ0) is 13.1. The molecule has 3 heteroatoms. The molecule has 1 N–H and O–H groups in total. The lowest BCUT2D eigenvalue weighted by Gasteiger charge is -2.12. The summed E-state index contributed by atoms with van der Waals surface area (Å²) in [7, 11) is 0. The first-order valence-corrected chi connectivity index (χ1v) is 6.79. The van der Waals surface area contributed by atoms with Crippen molar-refractivity contribution < 1.29 is 0 Å². The quantitative estimate of drug-likeness (QED) is 0.851. The minimum absolute atomic E-state index is 0.831. The van der Waals surface area contributed by atoms with Crippen molar-refractivity contribution in [3.8, 4) is 0 Å². The van der Waals surface area contributed by atoms with Gasteiger partial charge in [-0.2, -0.15) is 0 Å². The van der Waals surface area contributed by atoms with Crippen molar-refractivity contribution in [3.63, 3.8) is 0 Å². The van der Waals surface area contributed by atoms with Crippen LogP contribution in [0.4, 0.5) is 5.69 Å². The highest BCUT2D eigenvalue weighted by molar-refractivity contribution is 9.10. The van der Waals surface area contributed by atoms with Gasteiger partial charge in [0.1, 0.15) is 4.60 Å². The Balaban J connectivity index is 2.14. The van der Waals surface area contributed by atoms with Crippen LogP contribution in [0.3, 0.4) is 0 Å². The van der Waals surface area contributed by atoms with Crippen molar-refractivity contribution in [2.75, 3.05) is 5.32 Å². The molecule has 2 nitrogen and oxygen atoms in total. The monoisotopic (exact) mass is 304 g/mol. The molecular formula is C15H17BrN2. The molecule has 0 radical (unpaired) electrons. The summed E-state index contributed by atoms with van der Waals surface area (Å²) in [5, 5.41) is 3.44. The Morgan fingerprint density at radius 2 is 1.89 bits per heavy atom. The van der Waals surface area contributed by atoms with E-state index in [2.05, 4.69) is 64.3 Å². The van der Waals surface area contributed by atoms with Crippen molar-refractivity contribution in [3.05, 3.63) is 57.3 Å². The second kappa shape index (κ2) is 5.53. The lowest BCUT2D eigenvalue weighted by Crippen LogP contribution is -2.04. The maximum absolute atomic E-state index is 4.38. The fourth-order valence-corrected chi connectivity index (χ4v) is 2.31. The minimum atomic E-state index is 0.831. The van der Waals surface area contributed by atoms with E-state index in [0.717, 1.165) is 22.5 Å². The number of aromatic nitrogens is 1. The third kappa shape index (κ3) is 2.91. The molecule has 2 rings (SSSR count). The topological polar surface area (TPSA) is 24.9 Å². The van der Waals surface area contributed by atoms with E-state index < -0.39 is 0 Å². The number of aryl methyl sites for hydroxylation is 2. The maximum atomic E-state index is 4.38. The third-order valence-electron chi connectivity index (χ3n) is 3.24. The maximum Gasteiger partial charge on any atom is 0.106 e. The SMILES string of the molecule is Cc1cccc(CNc2ccc(Br)nc2C)c1C. The highest BCUT2D eigenvalue weighted by Crippen LogP contribution is 2.19. The molecule has 1 aromatic carbocycles. The van der Waals surface area contributed by atoms with Gasteiger partial charge in [0.05, 0.1) is 11.4 Å². The molecule has 0 aliphatic rings. The molecule has 2 aromatic rings. The summed E-state index contributed by atoms with van der Waals surface area (Å²) in [4.78, 5) is 4.38. The Hall–Kier alpha value is -1.35. The summed E-state index contributed by atoms with van der Waals surface area (Å²) in [5.41, 5.74) is 6.11. The molecule has 0 saturated carbocycles. The fraction of sp³-hybridized carbons (Fsp3) is 0.267. The van der Waals surface area contributed by atoms with Gasteiger partial charge in [0.25, 0.3) is 0 Å². The van der Waals surface area contributed by atoms with E-state index in [4.69, 9.17) is 0 Å². The Kier molecular flexibility index (Phi) is 4.02. The summed E-state index contributed by atoms with van der Waals surface area (Å²) < 4.78 is 0.872. The third-order valence-corrected chi connectivity index (χ3v) is 3.68. The van der Waals surface area contributed by atoms with Crippen LogP contribution >= 0.6 is 15.9 Å². The van der Waals surface area contributed by atoms with Crippen molar-refractivity contribution in [1.82, 2.24) is 4.98 Å². The average Bonchev–Trinajstić information content (AvgIpc) is 2.33. The van der Waals surface area contributed by atoms with Gasteiger partial charge in [-0.1, -0.05) is 18.2 Å². The van der Waals surface area contributed by atoms with Crippen molar-refractivity contribution in [1.29, 1.82) is 0 Å². The lowest BCUT2D eigenvalue weighted by molar-refractivity contribution is 1.07. The van der Waals surface area contributed by atoms with E-state index in [1.54, 1.807) is 0 Å². The summed E-state index contributed by atoms with van der Waals surface area (Å²) in [6.07, 6.45) is 0. The first kappa shape index (κ1) is 13.1. The van der Waals surface area contributed by atoms with Gasteiger partial charge in [-0.15, -0.1) is 0 Å². The first-order chi connectivity index (χ1) is 8.58. The van der Waals surface area contributed by atoms with Gasteiger partial charge in [-0.3, -0.25) is 0 Å². The smallest absolute Gasteiger partial charge is 0.106 e. The van der Waals surface area contributed by atoms with Crippen molar-refractivity contribution in [2.24, 2.45) is 0 Å². The van der Waals surface area contributed by atoms with Crippen LogP contribution in [0, 0.1) is 20.8 Å². The Morgan fingerprint density at radius 1 is 1.11 bits per heavy atom. The second-order valence-corrected chi connectivity index (χ2v) is 5.29. The highest BCUT2D eigenvalue weighted by atomic mass is 79.9. The van der Waals surface area contributed by atoms with Gasteiger partial charge in [-0.25, -0.2) is 4.98 Å². The molecule has 0 fully saturated rings. The number of nitrogens with zero attached hydrogens (tertiary/aromatic N) is 1. The molecule has 0 saturated heterocycles. The van der Waals surface area contributed by atoms with Gasteiger partial charge in [-0.05, 0) is 65.5 Å². The zero-order valence-corrected chi connectivity index (χ0v) is 12.5. The minimum Gasteiger partial charge on any atom is -0.379 e. The van der Waals surface area contributed by atoms with Crippen molar-refractivity contribution in [2.45, 2.75) is 27.3 Å². The molecule has 94 valence electrons. The summed E-state index contributed by atoms with van der Waals surface area (Å²) in [5.74, 6) is 0. The lowest BCUT2D eigenvalue weighted by atomic mass is 10.0. The fourth-order valence-electron chi connectivity index (χ4n) is 1.91. The van der Waals surface area contributed by atoms with Crippen LogP contribution in [-0.4, -0.2) is 4.98 Å². The van der Waals surface area contributed by atoms with E-state index >= 15 is 0 Å². The molecule has 1 aromatic heterocycles. The zero-order valence-electron chi connectivity index (χ0n) is 10.9. The van der Waals surface area contributed by atoms with E-state index in [1.165, 1.54) is 16.7 Å². The van der Waals surface area contributed by atoms with Gasteiger partial charge in [0.2, 0.25) is 0 Å². The number of pyridine rings is 1. The van der Waals surface area contributed by atoms with Crippen LogP contribution in [0.5, 0.6) is 0 Å². The van der Waals surface area contributed by atoms with Gasteiger partial charge < -0.3 is 5.32 Å². The van der Waals surface area contributed by atoms with Crippen LogP contribution in [0.25, 0.3) is 0 Å². The normalized spacial score (nSPS) is 10.4. The van der Waals surface area contributed by atoms with E-state index in [9.17, 15) is 0 Å². The van der Waals surface area contributed by atoms with Gasteiger partial charge >= 0.3 is 0 Å². The highest BCUT2D eigenvalue weighted by Gasteiger charge is 2.03. The standard InChI is InChI=1S/C15H17BrN2/c1-10-5-4-6-13(11(10)2)9-17-14-7-8-15(16)18-12(14)3/h4-8,17H,9H2,1-3H3. The molecule has 0 aliphatic heterocycles. The molecule has 18 heavy (non-hydrogen) atoms. The number of rotatable bonds is 3. The molecule has 0 aliphatic carbocycles. The second-order valence-electron chi connectivity index (χ2n) is 4.48. The molecule has 0 spiro atoms. The largest absolute Gasteiger partial charge is 0.379 e. The average molecular weight is 305 g/mol. The van der Waals surface area contributed by atoms with E-state index in [1.807, 2.05) is 13.0 Å². The van der Waals surface area contributed by atoms with Crippen LogP contribution in [0.1, 0.15) is 22.4 Å². The molecule has 0 bridgehead atoms. The number of hydrogen-bond acceptors (Lipinski definition) is 2. The van der Waals surface area contributed by atoms with Crippen LogP contribution < -0.4 is 5.32 Å². The van der Waals surface area contributed by atoms with Crippen molar-refractivity contribution >= 4 is 21.6 Å². The summed E-state index contributed by atoms with van der Waals surface area (Å²) in [6, 6.07) is 10.4. The van der Waals surface area contributed by atoms with Gasteiger partial charge in [0, 0.05) is 6.54 Å². The number of benzene rings is 1. The van der Waals surface area contributed by atoms with Gasteiger partial charge in [0.15, 0.2) is 0 Å². The Bertz CT molecular complexity index is 564. The Morgan fingerprint density at radius 3 is 2.61 bits per heavy atom. The predicted molar refractivity (Wildman–Crippen MR) is 79.9 cm³/mol. The van der Waals surface area contributed by atoms with E-state index in [-0.39, 0.29) is 0 Å². The summed E-state index contributed by atoms with van der Waals surface area (Å²) in [6.45, 7) is 7.15. The summed E-state index contributed by atoms with van der Waals surface area (Å²) >= 11 is 3.37. The molecule has 0 atom stereocenters. The molecule has 0 unspecified atom stereocenters. The Labute approximate surface area is 117 Å². The van der Waals surface area contributed by atoms with Crippen LogP contribution in [0.15, 0.2) is 34.9 Å². The molecule has 1 heterocycles. The van der Waals surface area contributed by atoms with Crippen LogP contribution in [0.2, 0.25) is 0 Å².